The maximum Gasteiger partial charge on any atom is 0.326 e. The molecule has 1 aliphatic heterocycles. The predicted molar refractivity (Wildman–Crippen MR) is 97.3 cm³/mol. The molecule has 2 heterocycles. The molecule has 0 spiro atoms. The molecule has 2 aromatic carbocycles. The van der Waals surface area contributed by atoms with Gasteiger partial charge in [0.15, 0.2) is 5.58 Å². The summed E-state index contributed by atoms with van der Waals surface area (Å²) in [6.45, 7) is 4.01. The van der Waals surface area contributed by atoms with Gasteiger partial charge in [0, 0.05) is 12.1 Å². The van der Waals surface area contributed by atoms with Crippen molar-refractivity contribution in [3.05, 3.63) is 59.2 Å². The van der Waals surface area contributed by atoms with Crippen molar-refractivity contribution in [2.75, 3.05) is 5.32 Å². The van der Waals surface area contributed by atoms with E-state index in [9.17, 15) is 9.59 Å². The van der Waals surface area contributed by atoms with Gasteiger partial charge in [-0.1, -0.05) is 24.3 Å². The van der Waals surface area contributed by atoms with Gasteiger partial charge < -0.3 is 9.32 Å². The third kappa shape index (κ3) is 2.70. The van der Waals surface area contributed by atoms with Crippen LogP contribution in [0.5, 0.6) is 0 Å². The number of carbonyl (C=O) groups excluding carboxylic acids is 2. The Bertz CT molecular complexity index is 1020. The van der Waals surface area contributed by atoms with Crippen LogP contribution in [0.2, 0.25) is 0 Å². The van der Waals surface area contributed by atoms with E-state index < -0.39 is 17.5 Å². The first-order valence-corrected chi connectivity index (χ1v) is 8.43. The molecular weight excluding hydrogens is 348 g/mol. The van der Waals surface area contributed by atoms with Gasteiger partial charge in [-0.3, -0.25) is 15.3 Å². The topological polar surface area (TPSA) is 108 Å². The lowest BCUT2D eigenvalue weighted by Crippen LogP contribution is -2.42. The lowest BCUT2D eigenvalue weighted by Gasteiger charge is -2.32. The lowest BCUT2D eigenvalue weighted by atomic mass is 9.91. The van der Waals surface area contributed by atoms with E-state index in [1.54, 1.807) is 34.6 Å². The Morgan fingerprint density at radius 3 is 2.70 bits per heavy atom. The molecule has 1 aliphatic rings. The summed E-state index contributed by atoms with van der Waals surface area (Å²) < 4.78 is 5.56. The Kier molecular flexibility index (Phi) is 3.85. The first-order chi connectivity index (χ1) is 12.9. The zero-order chi connectivity index (χ0) is 19.2. The second kappa shape index (κ2) is 6.10. The third-order valence-electron chi connectivity index (χ3n) is 4.93. The number of aromatic nitrogens is 1. The molecule has 3 N–H and O–H groups in total. The number of anilines is 1. The highest BCUT2D eigenvalue weighted by molar-refractivity contribution is 5.96. The maximum absolute atomic E-state index is 12.9. The number of hydroxylamine groups is 1. The Morgan fingerprint density at radius 2 is 1.96 bits per heavy atom. The first kappa shape index (κ1) is 17.0. The van der Waals surface area contributed by atoms with Crippen molar-refractivity contribution in [1.29, 1.82) is 0 Å². The molecular formula is C19H18N4O4. The highest BCUT2D eigenvalue weighted by Gasteiger charge is 2.42. The SMILES string of the molecule is CC1(C)c2cccc(C(=O)NO)c2CN1C(=O)Nc1nc2ccccc2o1. The van der Waals surface area contributed by atoms with Crippen LogP contribution in [0, 0.1) is 0 Å². The standard InChI is InChI=1S/C19H18N4O4/c1-19(2)13-7-5-6-11(16(24)22-26)12(13)10-23(19)18(25)21-17-20-14-8-3-4-9-15(14)27-17/h3-9,26H,10H2,1-2H3,(H,22,24)(H,20,21,25). The van der Waals surface area contributed by atoms with Crippen molar-refractivity contribution in [2.24, 2.45) is 0 Å². The van der Waals surface area contributed by atoms with Crippen molar-refractivity contribution in [3.63, 3.8) is 0 Å². The second-order valence-electron chi connectivity index (χ2n) is 6.83. The first-order valence-electron chi connectivity index (χ1n) is 8.43. The van der Waals surface area contributed by atoms with E-state index in [0.717, 1.165) is 5.56 Å². The van der Waals surface area contributed by atoms with Gasteiger partial charge in [0.2, 0.25) is 0 Å². The van der Waals surface area contributed by atoms with E-state index in [1.807, 2.05) is 32.0 Å². The van der Waals surface area contributed by atoms with Crippen molar-refractivity contribution < 1.29 is 19.2 Å². The summed E-state index contributed by atoms with van der Waals surface area (Å²) in [6, 6.07) is 12.2. The normalized spacial score (nSPS) is 14.9. The maximum atomic E-state index is 12.9. The van der Waals surface area contributed by atoms with Crippen molar-refractivity contribution in [2.45, 2.75) is 25.9 Å². The van der Waals surface area contributed by atoms with Crippen LogP contribution in [0.1, 0.15) is 35.3 Å². The molecule has 3 aromatic rings. The number of carbonyl (C=O) groups is 2. The number of fused-ring (bicyclic) bond motifs is 2. The van der Waals surface area contributed by atoms with Gasteiger partial charge in [-0.2, -0.15) is 4.98 Å². The molecule has 8 heteroatoms. The number of amides is 3. The summed E-state index contributed by atoms with van der Waals surface area (Å²) in [4.78, 5) is 30.7. The molecule has 0 bridgehead atoms. The lowest BCUT2D eigenvalue weighted by molar-refractivity contribution is 0.0704. The minimum absolute atomic E-state index is 0.112. The molecule has 0 atom stereocenters. The second-order valence-corrected chi connectivity index (χ2v) is 6.83. The number of oxazole rings is 1. The fourth-order valence-electron chi connectivity index (χ4n) is 3.51. The molecule has 0 fully saturated rings. The summed E-state index contributed by atoms with van der Waals surface area (Å²) >= 11 is 0. The van der Waals surface area contributed by atoms with Crippen LogP contribution in [-0.4, -0.2) is 27.0 Å². The van der Waals surface area contributed by atoms with Gasteiger partial charge in [0.1, 0.15) is 5.52 Å². The van der Waals surface area contributed by atoms with Crippen LogP contribution < -0.4 is 10.8 Å². The number of urea groups is 1. The largest absolute Gasteiger partial charge is 0.423 e. The minimum atomic E-state index is -0.656. The van der Waals surface area contributed by atoms with Crippen LogP contribution in [0.15, 0.2) is 46.9 Å². The number of hydrogen-bond acceptors (Lipinski definition) is 5. The zero-order valence-electron chi connectivity index (χ0n) is 14.8. The highest BCUT2D eigenvalue weighted by Crippen LogP contribution is 2.40. The van der Waals surface area contributed by atoms with E-state index >= 15 is 0 Å². The zero-order valence-corrected chi connectivity index (χ0v) is 14.8. The Morgan fingerprint density at radius 1 is 1.19 bits per heavy atom. The van der Waals surface area contributed by atoms with Crippen LogP contribution in [-0.2, 0) is 12.1 Å². The molecule has 3 amide bonds. The molecule has 138 valence electrons. The monoisotopic (exact) mass is 366 g/mol. The average Bonchev–Trinajstić information content (AvgIpc) is 3.18. The van der Waals surface area contributed by atoms with Crippen LogP contribution in [0.4, 0.5) is 10.8 Å². The molecule has 0 radical (unpaired) electrons. The molecule has 1 aromatic heterocycles. The van der Waals surface area contributed by atoms with Crippen molar-refractivity contribution in [1.82, 2.24) is 15.4 Å². The number of nitrogens with zero attached hydrogens (tertiary/aromatic N) is 2. The highest BCUT2D eigenvalue weighted by atomic mass is 16.5. The summed E-state index contributed by atoms with van der Waals surface area (Å²) in [7, 11) is 0. The number of hydrogen-bond donors (Lipinski definition) is 3. The Labute approximate surface area is 154 Å². The van der Waals surface area contributed by atoms with E-state index in [-0.39, 0.29) is 12.6 Å². The molecule has 0 unspecified atom stereocenters. The summed E-state index contributed by atoms with van der Waals surface area (Å²) in [5.74, 6) is -0.608. The van der Waals surface area contributed by atoms with Gasteiger partial charge in [0.25, 0.3) is 5.91 Å². The van der Waals surface area contributed by atoms with Gasteiger partial charge in [0.05, 0.1) is 5.54 Å². The molecule has 27 heavy (non-hydrogen) atoms. The fraction of sp³-hybridized carbons (Fsp3) is 0.211. The summed E-state index contributed by atoms with van der Waals surface area (Å²) in [5.41, 5.74) is 4.11. The van der Waals surface area contributed by atoms with E-state index in [0.29, 0.717) is 22.2 Å². The van der Waals surface area contributed by atoms with Gasteiger partial charge >= 0.3 is 12.0 Å². The molecule has 0 saturated heterocycles. The number of benzene rings is 2. The van der Waals surface area contributed by atoms with Gasteiger partial charge in [-0.25, -0.2) is 10.3 Å². The Hall–Kier alpha value is -3.39. The summed E-state index contributed by atoms with van der Waals surface area (Å²) in [6.07, 6.45) is 0. The third-order valence-corrected chi connectivity index (χ3v) is 4.93. The predicted octanol–water partition coefficient (Wildman–Crippen LogP) is 3.23. The fourth-order valence-corrected chi connectivity index (χ4v) is 3.51. The summed E-state index contributed by atoms with van der Waals surface area (Å²) in [5, 5.41) is 11.7. The minimum Gasteiger partial charge on any atom is -0.423 e. The number of para-hydroxylation sites is 2. The Balaban J connectivity index is 1.64. The van der Waals surface area contributed by atoms with Crippen LogP contribution in [0.25, 0.3) is 11.1 Å². The number of rotatable bonds is 2. The quantitative estimate of drug-likeness (QED) is 0.477. The smallest absolute Gasteiger partial charge is 0.326 e. The van der Waals surface area contributed by atoms with Gasteiger partial charge in [-0.05, 0) is 43.2 Å². The van der Waals surface area contributed by atoms with E-state index in [1.165, 1.54) is 0 Å². The molecule has 8 nitrogen and oxygen atoms in total. The molecule has 4 rings (SSSR count). The van der Waals surface area contributed by atoms with E-state index in [2.05, 4.69) is 10.3 Å². The van der Waals surface area contributed by atoms with Crippen molar-refractivity contribution in [3.8, 4) is 0 Å². The van der Waals surface area contributed by atoms with E-state index in [4.69, 9.17) is 9.62 Å². The van der Waals surface area contributed by atoms with Crippen molar-refractivity contribution >= 4 is 29.1 Å². The average molecular weight is 366 g/mol. The van der Waals surface area contributed by atoms with Crippen LogP contribution in [0.3, 0.4) is 0 Å². The van der Waals surface area contributed by atoms with Crippen LogP contribution >= 0.6 is 0 Å². The van der Waals surface area contributed by atoms with Gasteiger partial charge in [-0.15, -0.1) is 0 Å². The molecule has 0 saturated carbocycles. The number of nitrogens with one attached hydrogen (secondary N) is 2. The molecule has 0 aliphatic carbocycles.